The monoisotopic (exact) mass is 254 g/mol. The van der Waals surface area contributed by atoms with Gasteiger partial charge in [0.05, 0.1) is 11.6 Å². The second-order valence-corrected chi connectivity index (χ2v) is 4.38. The minimum Gasteiger partial charge on any atom is -0.336 e. The summed E-state index contributed by atoms with van der Waals surface area (Å²) >= 11 is 5.68. The van der Waals surface area contributed by atoms with E-state index in [2.05, 4.69) is 5.32 Å². The molecule has 5 heteroatoms. The number of benzene rings is 1. The third-order valence-corrected chi connectivity index (χ3v) is 2.50. The Morgan fingerprint density at radius 2 is 2.18 bits per heavy atom. The molecule has 90 valence electrons. The van der Waals surface area contributed by atoms with Crippen molar-refractivity contribution >= 4 is 17.5 Å². The van der Waals surface area contributed by atoms with Gasteiger partial charge in [-0.2, -0.15) is 5.26 Å². The molecule has 0 aliphatic rings. The average molecular weight is 255 g/mol. The third-order valence-electron chi connectivity index (χ3n) is 2.27. The number of hydrogen-bond donors (Lipinski definition) is 1. The predicted octanol–water partition coefficient (Wildman–Crippen LogP) is 2.76. The molecule has 1 N–H and O–H groups in total. The van der Waals surface area contributed by atoms with Crippen LogP contribution in [-0.4, -0.2) is 11.9 Å². The van der Waals surface area contributed by atoms with E-state index >= 15 is 0 Å². The summed E-state index contributed by atoms with van der Waals surface area (Å²) in [6, 6.07) is 5.01. The van der Waals surface area contributed by atoms with Gasteiger partial charge in [0.25, 0.3) is 5.91 Å². The van der Waals surface area contributed by atoms with Gasteiger partial charge >= 0.3 is 0 Å². The zero-order valence-electron chi connectivity index (χ0n) is 9.50. The molecule has 1 unspecified atom stereocenters. The maximum absolute atomic E-state index is 13.4. The molecular weight excluding hydrogens is 243 g/mol. The first-order valence-corrected chi connectivity index (χ1v) is 5.49. The number of nitrogens with zero attached hydrogens (tertiary/aromatic N) is 1. The van der Waals surface area contributed by atoms with Crippen molar-refractivity contribution in [3.05, 3.63) is 34.6 Å². The van der Waals surface area contributed by atoms with Gasteiger partial charge in [-0.15, -0.1) is 0 Å². The Labute approximate surface area is 104 Å². The number of amides is 1. The highest BCUT2D eigenvalue weighted by Crippen LogP contribution is 2.15. The summed E-state index contributed by atoms with van der Waals surface area (Å²) in [7, 11) is 0. The molecule has 3 nitrogen and oxygen atoms in total. The quantitative estimate of drug-likeness (QED) is 0.902. The second-order valence-electron chi connectivity index (χ2n) is 3.95. The number of nitrogens with one attached hydrogen (secondary N) is 1. The highest BCUT2D eigenvalue weighted by Gasteiger charge is 2.18. The van der Waals surface area contributed by atoms with Crippen LogP contribution in [0.1, 0.15) is 24.2 Å². The molecule has 0 spiro atoms. The van der Waals surface area contributed by atoms with E-state index in [0.717, 1.165) is 6.07 Å². The molecule has 0 saturated heterocycles. The standard InChI is InChI=1S/C12H12ClFN2O/c1-7(2)11(6-15)16-12(17)9-5-8(13)3-4-10(9)14/h3-5,7,11H,1-2H3,(H,16,17). The number of halogens is 2. The average Bonchev–Trinajstić information content (AvgIpc) is 2.28. The molecule has 0 fully saturated rings. The summed E-state index contributed by atoms with van der Waals surface area (Å²) in [6.07, 6.45) is 0. The van der Waals surface area contributed by atoms with Gasteiger partial charge in [-0.25, -0.2) is 4.39 Å². The molecule has 0 bridgehead atoms. The van der Waals surface area contributed by atoms with E-state index in [0.29, 0.717) is 0 Å². The summed E-state index contributed by atoms with van der Waals surface area (Å²) < 4.78 is 13.4. The minimum atomic E-state index is -0.660. The van der Waals surface area contributed by atoms with Crippen LogP contribution in [0.5, 0.6) is 0 Å². The molecule has 0 aliphatic heterocycles. The van der Waals surface area contributed by atoms with Crippen LogP contribution in [0.4, 0.5) is 4.39 Å². The lowest BCUT2D eigenvalue weighted by atomic mass is 10.1. The number of nitriles is 1. The molecule has 0 radical (unpaired) electrons. The lowest BCUT2D eigenvalue weighted by Crippen LogP contribution is -2.37. The van der Waals surface area contributed by atoms with Gasteiger partial charge in [0, 0.05) is 5.02 Å². The molecule has 1 amide bonds. The van der Waals surface area contributed by atoms with Crippen molar-refractivity contribution < 1.29 is 9.18 Å². The summed E-state index contributed by atoms with van der Waals surface area (Å²) in [6.45, 7) is 3.59. The molecule has 1 aromatic rings. The van der Waals surface area contributed by atoms with E-state index in [-0.39, 0.29) is 16.5 Å². The molecule has 0 aromatic heterocycles. The summed E-state index contributed by atoms with van der Waals surface area (Å²) in [4.78, 5) is 11.7. The van der Waals surface area contributed by atoms with E-state index in [4.69, 9.17) is 16.9 Å². The summed E-state index contributed by atoms with van der Waals surface area (Å²) in [5.41, 5.74) is -0.154. The van der Waals surface area contributed by atoms with Gasteiger partial charge in [0.15, 0.2) is 0 Å². The number of carbonyl (C=O) groups is 1. The van der Waals surface area contributed by atoms with Crippen LogP contribution in [0, 0.1) is 23.1 Å². The highest BCUT2D eigenvalue weighted by molar-refractivity contribution is 6.31. The molecular formula is C12H12ClFN2O. The number of carbonyl (C=O) groups excluding carboxylic acids is 1. The molecule has 0 saturated carbocycles. The van der Waals surface area contributed by atoms with Crippen molar-refractivity contribution in [2.45, 2.75) is 19.9 Å². The maximum atomic E-state index is 13.4. The largest absolute Gasteiger partial charge is 0.336 e. The SMILES string of the molecule is CC(C)C(C#N)NC(=O)c1cc(Cl)ccc1F. The van der Waals surface area contributed by atoms with Gasteiger partial charge < -0.3 is 5.32 Å². The molecule has 1 atom stereocenters. The van der Waals surface area contributed by atoms with Crippen LogP contribution in [0.15, 0.2) is 18.2 Å². The first kappa shape index (κ1) is 13.5. The lowest BCUT2D eigenvalue weighted by Gasteiger charge is -2.15. The van der Waals surface area contributed by atoms with Crippen LogP contribution in [0.25, 0.3) is 0 Å². The molecule has 1 aromatic carbocycles. The topological polar surface area (TPSA) is 52.9 Å². The lowest BCUT2D eigenvalue weighted by molar-refractivity contribution is 0.0933. The van der Waals surface area contributed by atoms with Crippen molar-refractivity contribution in [2.75, 3.05) is 0 Å². The van der Waals surface area contributed by atoms with Crippen molar-refractivity contribution in [2.24, 2.45) is 5.92 Å². The minimum absolute atomic E-state index is 0.0498. The van der Waals surface area contributed by atoms with Crippen LogP contribution < -0.4 is 5.32 Å². The molecule has 1 rings (SSSR count). The van der Waals surface area contributed by atoms with Crippen LogP contribution >= 0.6 is 11.6 Å². The Bertz CT molecular complexity index is 468. The van der Waals surface area contributed by atoms with Gasteiger partial charge in [-0.05, 0) is 24.1 Å². The molecule has 17 heavy (non-hydrogen) atoms. The fourth-order valence-electron chi connectivity index (χ4n) is 1.24. The summed E-state index contributed by atoms with van der Waals surface area (Å²) in [5.74, 6) is -1.34. The van der Waals surface area contributed by atoms with Gasteiger partial charge in [-0.1, -0.05) is 25.4 Å². The maximum Gasteiger partial charge on any atom is 0.255 e. The zero-order valence-corrected chi connectivity index (χ0v) is 10.3. The number of hydrogen-bond acceptors (Lipinski definition) is 2. The smallest absolute Gasteiger partial charge is 0.255 e. The first-order chi connectivity index (χ1) is 7.95. The number of rotatable bonds is 3. The van der Waals surface area contributed by atoms with E-state index in [9.17, 15) is 9.18 Å². The Morgan fingerprint density at radius 3 is 2.71 bits per heavy atom. The normalized spacial score (nSPS) is 12.0. The predicted molar refractivity (Wildman–Crippen MR) is 63.1 cm³/mol. The zero-order chi connectivity index (χ0) is 13.0. The van der Waals surface area contributed by atoms with Gasteiger partial charge in [-0.3, -0.25) is 4.79 Å². The summed E-state index contributed by atoms with van der Waals surface area (Å²) in [5, 5.41) is 11.6. The van der Waals surface area contributed by atoms with Crippen LogP contribution in [-0.2, 0) is 0 Å². The molecule has 0 aliphatic carbocycles. The van der Waals surface area contributed by atoms with Gasteiger partial charge in [0.2, 0.25) is 0 Å². The second kappa shape index (κ2) is 5.65. The van der Waals surface area contributed by atoms with Crippen molar-refractivity contribution in [1.82, 2.24) is 5.32 Å². The van der Waals surface area contributed by atoms with Crippen molar-refractivity contribution in [1.29, 1.82) is 5.26 Å². The Morgan fingerprint density at radius 1 is 1.53 bits per heavy atom. The van der Waals surface area contributed by atoms with Crippen LogP contribution in [0.2, 0.25) is 5.02 Å². The Balaban J connectivity index is 2.90. The van der Waals surface area contributed by atoms with E-state index in [1.54, 1.807) is 13.8 Å². The molecule has 0 heterocycles. The van der Waals surface area contributed by atoms with Crippen molar-refractivity contribution in [3.8, 4) is 6.07 Å². The van der Waals surface area contributed by atoms with Crippen molar-refractivity contribution in [3.63, 3.8) is 0 Å². The Hall–Kier alpha value is -1.60. The van der Waals surface area contributed by atoms with E-state index in [1.807, 2.05) is 6.07 Å². The first-order valence-electron chi connectivity index (χ1n) is 5.11. The third kappa shape index (κ3) is 3.43. The Kier molecular flexibility index (Phi) is 4.47. The van der Waals surface area contributed by atoms with E-state index < -0.39 is 17.8 Å². The highest BCUT2D eigenvalue weighted by atomic mass is 35.5. The van der Waals surface area contributed by atoms with Crippen LogP contribution in [0.3, 0.4) is 0 Å². The fourth-order valence-corrected chi connectivity index (χ4v) is 1.41. The van der Waals surface area contributed by atoms with E-state index in [1.165, 1.54) is 12.1 Å². The van der Waals surface area contributed by atoms with Gasteiger partial charge in [0.1, 0.15) is 11.9 Å². The fraction of sp³-hybridized carbons (Fsp3) is 0.333.